The number of carbonyl (C=O) groups is 2. The zero-order valence-electron chi connectivity index (χ0n) is 12.3. The number of alkyl halides is 2. The van der Waals surface area contributed by atoms with Gasteiger partial charge < -0.3 is 4.74 Å². The Hall–Kier alpha value is -2.67. The van der Waals surface area contributed by atoms with Crippen LogP contribution >= 0.6 is 11.6 Å². The van der Waals surface area contributed by atoms with E-state index in [1.165, 1.54) is 12.1 Å². The maximum atomic E-state index is 12.0. The highest BCUT2D eigenvalue weighted by molar-refractivity contribution is 6.30. The molecule has 8 heteroatoms. The zero-order chi connectivity index (χ0) is 17.5. The molecule has 0 radical (unpaired) electrons. The van der Waals surface area contributed by atoms with Crippen molar-refractivity contribution in [1.29, 1.82) is 0 Å². The van der Waals surface area contributed by atoms with E-state index in [1.807, 2.05) is 5.43 Å². The Bertz CT molecular complexity index is 706. The summed E-state index contributed by atoms with van der Waals surface area (Å²) < 4.78 is 29.5. The van der Waals surface area contributed by atoms with E-state index in [9.17, 15) is 18.4 Å². The molecule has 0 spiro atoms. The Morgan fingerprint density at radius 1 is 1.00 bits per heavy atom. The SMILES string of the molecule is O=C(NNC(=O)C(F)F)c1ccc(COc2ccc(Cl)cc2)cc1. The molecule has 0 bridgehead atoms. The van der Waals surface area contributed by atoms with Crippen molar-refractivity contribution in [2.75, 3.05) is 0 Å². The Labute approximate surface area is 141 Å². The molecule has 0 unspecified atom stereocenters. The highest BCUT2D eigenvalue weighted by atomic mass is 35.5. The number of hydrazine groups is 1. The third-order valence-electron chi connectivity index (χ3n) is 2.93. The highest BCUT2D eigenvalue weighted by Crippen LogP contribution is 2.17. The van der Waals surface area contributed by atoms with Crippen LogP contribution in [0.3, 0.4) is 0 Å². The molecule has 0 aromatic heterocycles. The van der Waals surface area contributed by atoms with E-state index in [-0.39, 0.29) is 12.2 Å². The molecule has 2 N–H and O–H groups in total. The summed E-state index contributed by atoms with van der Waals surface area (Å²) in [6, 6.07) is 13.2. The first-order valence-corrected chi connectivity index (χ1v) is 7.19. The number of rotatable bonds is 5. The maximum Gasteiger partial charge on any atom is 0.317 e. The first-order valence-electron chi connectivity index (χ1n) is 6.81. The summed E-state index contributed by atoms with van der Waals surface area (Å²) in [5, 5.41) is 0.608. The second-order valence-corrected chi connectivity index (χ2v) is 5.12. The molecule has 0 aliphatic carbocycles. The van der Waals surface area contributed by atoms with E-state index < -0.39 is 18.2 Å². The molecule has 126 valence electrons. The molecule has 0 saturated carbocycles. The Morgan fingerprint density at radius 2 is 1.62 bits per heavy atom. The fourth-order valence-electron chi connectivity index (χ4n) is 1.69. The molecule has 2 amide bonds. The van der Waals surface area contributed by atoms with Gasteiger partial charge in [-0.3, -0.25) is 20.4 Å². The minimum Gasteiger partial charge on any atom is -0.489 e. The van der Waals surface area contributed by atoms with Crippen molar-refractivity contribution in [2.24, 2.45) is 0 Å². The van der Waals surface area contributed by atoms with Gasteiger partial charge in [0.25, 0.3) is 5.91 Å². The minimum atomic E-state index is -3.20. The fourth-order valence-corrected chi connectivity index (χ4v) is 1.82. The molecule has 0 saturated heterocycles. The molecule has 0 aliphatic rings. The van der Waals surface area contributed by atoms with E-state index in [1.54, 1.807) is 41.8 Å². The average molecular weight is 355 g/mol. The number of nitrogens with one attached hydrogen (secondary N) is 2. The summed E-state index contributed by atoms with van der Waals surface area (Å²) in [5.41, 5.74) is 4.53. The number of amides is 2. The summed E-state index contributed by atoms with van der Waals surface area (Å²) >= 11 is 5.78. The number of carbonyl (C=O) groups excluding carboxylic acids is 2. The third kappa shape index (κ3) is 5.20. The normalized spacial score (nSPS) is 10.3. The molecule has 24 heavy (non-hydrogen) atoms. The van der Waals surface area contributed by atoms with Gasteiger partial charge in [0, 0.05) is 10.6 Å². The third-order valence-corrected chi connectivity index (χ3v) is 3.18. The van der Waals surface area contributed by atoms with Crippen LogP contribution in [0.15, 0.2) is 48.5 Å². The van der Waals surface area contributed by atoms with Crippen LogP contribution in [0.25, 0.3) is 0 Å². The molecular weight excluding hydrogens is 342 g/mol. The monoisotopic (exact) mass is 354 g/mol. The second-order valence-electron chi connectivity index (χ2n) is 4.68. The number of ether oxygens (including phenoxy) is 1. The number of halogens is 3. The van der Waals surface area contributed by atoms with E-state index in [2.05, 4.69) is 0 Å². The van der Waals surface area contributed by atoms with Crippen LogP contribution in [0.1, 0.15) is 15.9 Å². The van der Waals surface area contributed by atoms with Gasteiger partial charge >= 0.3 is 12.3 Å². The molecule has 0 atom stereocenters. The first kappa shape index (κ1) is 17.7. The second kappa shape index (κ2) is 8.26. The predicted octanol–water partition coefficient (Wildman–Crippen LogP) is 2.95. The highest BCUT2D eigenvalue weighted by Gasteiger charge is 2.15. The van der Waals surface area contributed by atoms with Gasteiger partial charge in [-0.05, 0) is 42.0 Å². The summed E-state index contributed by atoms with van der Waals surface area (Å²) in [6.45, 7) is 0.283. The van der Waals surface area contributed by atoms with E-state index in [0.717, 1.165) is 5.56 Å². The molecule has 5 nitrogen and oxygen atoms in total. The van der Waals surface area contributed by atoms with E-state index in [0.29, 0.717) is 10.8 Å². The van der Waals surface area contributed by atoms with Gasteiger partial charge in [-0.25, -0.2) is 0 Å². The molecular formula is C16H13ClF2N2O3. The molecule has 0 aliphatic heterocycles. The van der Waals surface area contributed by atoms with Crippen molar-refractivity contribution in [3.05, 3.63) is 64.7 Å². The van der Waals surface area contributed by atoms with Gasteiger partial charge in [-0.1, -0.05) is 23.7 Å². The summed E-state index contributed by atoms with van der Waals surface area (Å²) in [5.74, 6) is -1.62. The lowest BCUT2D eigenvalue weighted by Crippen LogP contribution is -2.44. The first-order chi connectivity index (χ1) is 11.5. The van der Waals surface area contributed by atoms with Crippen LogP contribution in [-0.2, 0) is 11.4 Å². The standard InChI is InChI=1S/C16H13ClF2N2O3/c17-12-5-7-13(8-6-12)24-9-10-1-3-11(4-2-10)15(22)20-21-16(23)14(18)19/h1-8,14H,9H2,(H,20,22)(H,21,23). The van der Waals surface area contributed by atoms with Gasteiger partial charge in [0.2, 0.25) is 0 Å². The molecule has 2 aromatic carbocycles. The van der Waals surface area contributed by atoms with Crippen LogP contribution in [0, 0.1) is 0 Å². The molecule has 2 aromatic rings. The van der Waals surface area contributed by atoms with Crippen molar-refractivity contribution >= 4 is 23.4 Å². The van der Waals surface area contributed by atoms with Gasteiger partial charge in [-0.2, -0.15) is 8.78 Å². The van der Waals surface area contributed by atoms with Crippen LogP contribution in [0.4, 0.5) is 8.78 Å². The largest absolute Gasteiger partial charge is 0.489 e. The van der Waals surface area contributed by atoms with E-state index in [4.69, 9.17) is 16.3 Å². The van der Waals surface area contributed by atoms with Crippen molar-refractivity contribution in [1.82, 2.24) is 10.9 Å². The molecule has 0 fully saturated rings. The number of hydrogen-bond acceptors (Lipinski definition) is 3. The lowest BCUT2D eigenvalue weighted by molar-refractivity contribution is -0.132. The predicted molar refractivity (Wildman–Crippen MR) is 83.8 cm³/mol. The van der Waals surface area contributed by atoms with Crippen molar-refractivity contribution < 1.29 is 23.1 Å². The fraction of sp³-hybridized carbons (Fsp3) is 0.125. The molecule has 2 rings (SSSR count). The van der Waals surface area contributed by atoms with Crippen molar-refractivity contribution in [3.63, 3.8) is 0 Å². The number of benzene rings is 2. The summed E-state index contributed by atoms with van der Waals surface area (Å²) in [4.78, 5) is 22.4. The topological polar surface area (TPSA) is 67.4 Å². The van der Waals surface area contributed by atoms with E-state index >= 15 is 0 Å². The van der Waals surface area contributed by atoms with Crippen LogP contribution in [0.2, 0.25) is 5.02 Å². The van der Waals surface area contributed by atoms with Crippen LogP contribution in [-0.4, -0.2) is 18.2 Å². The summed E-state index contributed by atoms with van der Waals surface area (Å²) in [6.07, 6.45) is -3.20. The smallest absolute Gasteiger partial charge is 0.317 e. The lowest BCUT2D eigenvalue weighted by atomic mass is 10.1. The quantitative estimate of drug-likeness (QED) is 0.811. The van der Waals surface area contributed by atoms with Gasteiger partial charge in [0.15, 0.2) is 0 Å². The Balaban J connectivity index is 1.86. The lowest BCUT2D eigenvalue weighted by Gasteiger charge is -2.08. The van der Waals surface area contributed by atoms with Gasteiger partial charge in [0.1, 0.15) is 12.4 Å². The van der Waals surface area contributed by atoms with Gasteiger partial charge in [-0.15, -0.1) is 0 Å². The van der Waals surface area contributed by atoms with Gasteiger partial charge in [0.05, 0.1) is 0 Å². The Morgan fingerprint density at radius 3 is 2.21 bits per heavy atom. The number of hydrogen-bond donors (Lipinski definition) is 2. The van der Waals surface area contributed by atoms with Crippen LogP contribution < -0.4 is 15.6 Å². The van der Waals surface area contributed by atoms with Crippen molar-refractivity contribution in [3.8, 4) is 5.75 Å². The molecule has 0 heterocycles. The van der Waals surface area contributed by atoms with Crippen molar-refractivity contribution in [2.45, 2.75) is 13.0 Å². The Kier molecular flexibility index (Phi) is 6.08. The summed E-state index contributed by atoms with van der Waals surface area (Å²) in [7, 11) is 0. The average Bonchev–Trinajstić information content (AvgIpc) is 2.59. The zero-order valence-corrected chi connectivity index (χ0v) is 13.0. The maximum absolute atomic E-state index is 12.0. The van der Waals surface area contributed by atoms with Crippen LogP contribution in [0.5, 0.6) is 5.75 Å². The minimum absolute atomic E-state index is 0.208.